The van der Waals surface area contributed by atoms with Gasteiger partial charge in [-0.3, -0.25) is 9.59 Å². The standard InChI is InChI=1S/C14H19ClN2O4/c1-9(14(19)20)8-17-13(18)5-6-16-11-7-10(15)3-4-12(11)21-2/h3-4,7,9,16H,5-6,8H2,1-2H3,(H,17,18)(H,19,20). The summed E-state index contributed by atoms with van der Waals surface area (Å²) in [6.45, 7) is 2.05. The highest BCUT2D eigenvalue weighted by Gasteiger charge is 2.12. The molecule has 0 aliphatic rings. The second-order valence-electron chi connectivity index (χ2n) is 4.56. The number of nitrogens with one attached hydrogen (secondary N) is 2. The number of carbonyl (C=O) groups excluding carboxylic acids is 1. The molecule has 7 heteroatoms. The lowest BCUT2D eigenvalue weighted by atomic mass is 10.2. The summed E-state index contributed by atoms with van der Waals surface area (Å²) in [5, 5.41) is 14.9. The monoisotopic (exact) mass is 314 g/mol. The summed E-state index contributed by atoms with van der Waals surface area (Å²) < 4.78 is 5.18. The molecule has 21 heavy (non-hydrogen) atoms. The zero-order chi connectivity index (χ0) is 15.8. The molecule has 0 bridgehead atoms. The number of anilines is 1. The fraction of sp³-hybridized carbons (Fsp3) is 0.429. The van der Waals surface area contributed by atoms with Gasteiger partial charge in [0.05, 0.1) is 18.7 Å². The highest BCUT2D eigenvalue weighted by molar-refractivity contribution is 6.30. The number of halogens is 1. The predicted molar refractivity (Wildman–Crippen MR) is 80.9 cm³/mol. The van der Waals surface area contributed by atoms with Crippen molar-refractivity contribution in [3.05, 3.63) is 23.2 Å². The van der Waals surface area contributed by atoms with E-state index in [4.69, 9.17) is 21.4 Å². The molecule has 6 nitrogen and oxygen atoms in total. The third-order valence-corrected chi connectivity index (χ3v) is 3.09. The molecule has 0 radical (unpaired) electrons. The summed E-state index contributed by atoms with van der Waals surface area (Å²) in [6, 6.07) is 5.16. The van der Waals surface area contributed by atoms with Gasteiger partial charge in [-0.05, 0) is 18.2 Å². The van der Waals surface area contributed by atoms with Gasteiger partial charge >= 0.3 is 5.97 Å². The third-order valence-electron chi connectivity index (χ3n) is 2.86. The van der Waals surface area contributed by atoms with Crippen LogP contribution in [0.5, 0.6) is 5.75 Å². The topological polar surface area (TPSA) is 87.7 Å². The van der Waals surface area contributed by atoms with E-state index >= 15 is 0 Å². The van der Waals surface area contributed by atoms with Gasteiger partial charge in [0.2, 0.25) is 5.91 Å². The van der Waals surface area contributed by atoms with E-state index in [0.717, 1.165) is 0 Å². The van der Waals surface area contributed by atoms with Crippen LogP contribution < -0.4 is 15.4 Å². The third kappa shape index (κ3) is 5.91. The van der Waals surface area contributed by atoms with E-state index in [1.165, 1.54) is 6.92 Å². The van der Waals surface area contributed by atoms with Crippen molar-refractivity contribution in [2.24, 2.45) is 5.92 Å². The normalized spacial score (nSPS) is 11.6. The molecular formula is C14H19ClN2O4. The van der Waals surface area contributed by atoms with E-state index in [2.05, 4.69) is 10.6 Å². The Morgan fingerprint density at radius 3 is 2.76 bits per heavy atom. The number of methoxy groups -OCH3 is 1. The molecule has 1 aromatic rings. The Kier molecular flexibility index (Phi) is 6.81. The zero-order valence-electron chi connectivity index (χ0n) is 12.0. The molecule has 0 spiro atoms. The molecule has 116 valence electrons. The molecular weight excluding hydrogens is 296 g/mol. The molecule has 0 saturated heterocycles. The number of amides is 1. The molecule has 0 aliphatic heterocycles. The SMILES string of the molecule is COc1ccc(Cl)cc1NCCC(=O)NCC(C)C(=O)O. The van der Waals surface area contributed by atoms with Gasteiger partial charge in [0.15, 0.2) is 0 Å². The second-order valence-corrected chi connectivity index (χ2v) is 5.00. The molecule has 0 saturated carbocycles. The van der Waals surface area contributed by atoms with E-state index in [0.29, 0.717) is 23.0 Å². The van der Waals surface area contributed by atoms with Crippen molar-refractivity contribution in [3.8, 4) is 5.75 Å². The summed E-state index contributed by atoms with van der Waals surface area (Å²) in [7, 11) is 1.55. The lowest BCUT2D eigenvalue weighted by Crippen LogP contribution is -2.32. The number of rotatable bonds is 8. The summed E-state index contributed by atoms with van der Waals surface area (Å²) in [6.07, 6.45) is 0.224. The Balaban J connectivity index is 2.38. The van der Waals surface area contributed by atoms with Crippen LogP contribution in [0.15, 0.2) is 18.2 Å². The molecule has 1 atom stereocenters. The summed E-state index contributed by atoms with van der Waals surface area (Å²) in [5.41, 5.74) is 0.705. The summed E-state index contributed by atoms with van der Waals surface area (Å²) >= 11 is 5.90. The van der Waals surface area contributed by atoms with Gasteiger partial charge in [-0.2, -0.15) is 0 Å². The molecule has 0 fully saturated rings. The minimum Gasteiger partial charge on any atom is -0.495 e. The first-order valence-corrected chi connectivity index (χ1v) is 6.88. The van der Waals surface area contributed by atoms with E-state index in [1.807, 2.05) is 0 Å². The van der Waals surface area contributed by atoms with E-state index < -0.39 is 11.9 Å². The van der Waals surface area contributed by atoms with Crippen LogP contribution in [0.25, 0.3) is 0 Å². The van der Waals surface area contributed by atoms with Crippen molar-refractivity contribution < 1.29 is 19.4 Å². The molecule has 0 aromatic heterocycles. The number of hydrogen-bond donors (Lipinski definition) is 3. The largest absolute Gasteiger partial charge is 0.495 e. The lowest BCUT2D eigenvalue weighted by molar-refractivity contribution is -0.141. The van der Waals surface area contributed by atoms with Crippen LogP contribution in [0.1, 0.15) is 13.3 Å². The van der Waals surface area contributed by atoms with Crippen molar-refractivity contribution in [3.63, 3.8) is 0 Å². The van der Waals surface area contributed by atoms with Crippen molar-refractivity contribution in [1.82, 2.24) is 5.32 Å². The van der Waals surface area contributed by atoms with Gasteiger partial charge in [0.25, 0.3) is 0 Å². The number of carboxylic acid groups (broad SMARTS) is 1. The van der Waals surface area contributed by atoms with Crippen LogP contribution >= 0.6 is 11.6 Å². The first-order chi connectivity index (χ1) is 9.93. The zero-order valence-corrected chi connectivity index (χ0v) is 12.7. The van der Waals surface area contributed by atoms with Crippen LogP contribution in [0.2, 0.25) is 5.02 Å². The van der Waals surface area contributed by atoms with Crippen molar-refractivity contribution in [1.29, 1.82) is 0 Å². The Morgan fingerprint density at radius 2 is 2.14 bits per heavy atom. The second kappa shape index (κ2) is 8.36. The van der Waals surface area contributed by atoms with Gasteiger partial charge in [-0.1, -0.05) is 18.5 Å². The Labute approximate surface area is 128 Å². The number of carbonyl (C=O) groups is 2. The first kappa shape index (κ1) is 17.1. The van der Waals surface area contributed by atoms with Gasteiger partial charge in [0, 0.05) is 24.5 Å². The van der Waals surface area contributed by atoms with Gasteiger partial charge in [-0.15, -0.1) is 0 Å². The Morgan fingerprint density at radius 1 is 1.43 bits per heavy atom. The fourth-order valence-corrected chi connectivity index (χ4v) is 1.74. The maximum Gasteiger partial charge on any atom is 0.308 e. The van der Waals surface area contributed by atoms with Crippen LogP contribution in [-0.4, -0.2) is 37.2 Å². The minimum atomic E-state index is -0.933. The van der Waals surface area contributed by atoms with Crippen molar-refractivity contribution in [2.45, 2.75) is 13.3 Å². The number of ether oxygens (including phenoxy) is 1. The predicted octanol–water partition coefficient (Wildman–Crippen LogP) is 1.99. The summed E-state index contributed by atoms with van der Waals surface area (Å²) in [4.78, 5) is 22.2. The van der Waals surface area contributed by atoms with Gasteiger partial charge in [-0.25, -0.2) is 0 Å². The van der Waals surface area contributed by atoms with Crippen LogP contribution in [0.3, 0.4) is 0 Å². The average molecular weight is 315 g/mol. The number of carboxylic acids is 1. The van der Waals surface area contributed by atoms with E-state index in [9.17, 15) is 9.59 Å². The maximum atomic E-state index is 11.6. The number of benzene rings is 1. The highest BCUT2D eigenvalue weighted by atomic mass is 35.5. The van der Waals surface area contributed by atoms with E-state index in [1.54, 1.807) is 25.3 Å². The van der Waals surface area contributed by atoms with Gasteiger partial charge < -0.3 is 20.5 Å². The average Bonchev–Trinajstić information content (AvgIpc) is 2.44. The van der Waals surface area contributed by atoms with E-state index in [-0.39, 0.29) is 18.9 Å². The Bertz CT molecular complexity index is 508. The summed E-state index contributed by atoms with van der Waals surface area (Å²) in [5.74, 6) is -1.11. The first-order valence-electron chi connectivity index (χ1n) is 6.51. The fourth-order valence-electron chi connectivity index (χ4n) is 1.57. The molecule has 1 aromatic carbocycles. The molecule has 1 unspecified atom stereocenters. The van der Waals surface area contributed by atoms with Crippen LogP contribution in [0.4, 0.5) is 5.69 Å². The number of hydrogen-bond acceptors (Lipinski definition) is 4. The molecule has 0 heterocycles. The molecule has 0 aliphatic carbocycles. The highest BCUT2D eigenvalue weighted by Crippen LogP contribution is 2.27. The molecule has 3 N–H and O–H groups in total. The smallest absolute Gasteiger partial charge is 0.308 e. The van der Waals surface area contributed by atoms with Crippen molar-refractivity contribution >= 4 is 29.2 Å². The van der Waals surface area contributed by atoms with Crippen molar-refractivity contribution in [2.75, 3.05) is 25.5 Å². The molecule has 1 amide bonds. The van der Waals surface area contributed by atoms with Crippen LogP contribution in [0, 0.1) is 5.92 Å². The quantitative estimate of drug-likeness (QED) is 0.683. The molecule has 1 rings (SSSR count). The van der Waals surface area contributed by atoms with Crippen LogP contribution in [-0.2, 0) is 9.59 Å². The maximum absolute atomic E-state index is 11.6. The minimum absolute atomic E-state index is 0.120. The Hall–Kier alpha value is -1.95. The van der Waals surface area contributed by atoms with Gasteiger partial charge in [0.1, 0.15) is 5.75 Å². The lowest BCUT2D eigenvalue weighted by Gasteiger charge is -2.12. The number of aliphatic carboxylic acids is 1.